The molecule has 0 aliphatic heterocycles. The molecule has 0 bridgehead atoms. The van der Waals surface area contributed by atoms with Gasteiger partial charge in [-0.2, -0.15) is 0 Å². The quantitative estimate of drug-likeness (QED) is 0.664. The second-order valence-electron chi connectivity index (χ2n) is 7.20. The van der Waals surface area contributed by atoms with Crippen LogP contribution in [0.2, 0.25) is 0 Å². The molecule has 2 amide bonds. The number of aromatic nitrogens is 2. The highest BCUT2D eigenvalue weighted by Gasteiger charge is 2.14. The van der Waals surface area contributed by atoms with Crippen LogP contribution in [-0.2, 0) is 17.8 Å². The van der Waals surface area contributed by atoms with Crippen molar-refractivity contribution in [3.63, 3.8) is 0 Å². The summed E-state index contributed by atoms with van der Waals surface area (Å²) in [6.07, 6.45) is 0.543. The highest BCUT2D eigenvalue weighted by atomic mass is 16.2. The number of nitrogens with zero attached hydrogens (tertiary/aromatic N) is 2. The molecule has 1 aromatic heterocycles. The van der Waals surface area contributed by atoms with Gasteiger partial charge in [0.25, 0.3) is 5.91 Å². The minimum absolute atomic E-state index is 0.0527. The number of imidazole rings is 1. The molecule has 2 N–H and O–H groups in total. The van der Waals surface area contributed by atoms with E-state index in [0.29, 0.717) is 18.5 Å². The first-order valence-corrected chi connectivity index (χ1v) is 9.52. The maximum absolute atomic E-state index is 12.3. The Morgan fingerprint density at radius 3 is 2.50 bits per heavy atom. The van der Waals surface area contributed by atoms with Gasteiger partial charge in [0, 0.05) is 24.6 Å². The Kier molecular flexibility index (Phi) is 6.09. The Bertz CT molecular complexity index is 974. The molecular formula is C22H26N4O2. The number of benzene rings is 2. The summed E-state index contributed by atoms with van der Waals surface area (Å²) in [6, 6.07) is 15.3. The molecule has 6 heteroatoms. The van der Waals surface area contributed by atoms with Crippen LogP contribution in [0.25, 0.3) is 11.0 Å². The van der Waals surface area contributed by atoms with Crippen molar-refractivity contribution in [2.24, 2.45) is 0 Å². The molecule has 0 spiro atoms. The van der Waals surface area contributed by atoms with E-state index >= 15 is 0 Å². The third-order valence-corrected chi connectivity index (χ3v) is 4.43. The molecule has 0 aliphatic carbocycles. The van der Waals surface area contributed by atoms with E-state index in [1.54, 1.807) is 0 Å². The third-order valence-electron chi connectivity index (χ3n) is 4.43. The lowest BCUT2D eigenvalue weighted by molar-refractivity contribution is -0.122. The number of hydrogen-bond acceptors (Lipinski definition) is 3. The molecular weight excluding hydrogens is 352 g/mol. The van der Waals surface area contributed by atoms with Crippen LogP contribution in [0.3, 0.4) is 0 Å². The van der Waals surface area contributed by atoms with Crippen molar-refractivity contribution in [2.75, 3.05) is 6.54 Å². The van der Waals surface area contributed by atoms with Gasteiger partial charge in [-0.05, 0) is 45.0 Å². The molecule has 0 radical (unpaired) electrons. The molecule has 28 heavy (non-hydrogen) atoms. The number of amides is 2. The van der Waals surface area contributed by atoms with Gasteiger partial charge >= 0.3 is 0 Å². The van der Waals surface area contributed by atoms with Gasteiger partial charge in [-0.1, -0.05) is 29.8 Å². The Labute approximate surface area is 165 Å². The average molecular weight is 378 g/mol. The molecule has 146 valence electrons. The van der Waals surface area contributed by atoms with Crippen molar-refractivity contribution in [3.05, 3.63) is 65.5 Å². The van der Waals surface area contributed by atoms with Crippen LogP contribution in [0, 0.1) is 6.92 Å². The summed E-state index contributed by atoms with van der Waals surface area (Å²) < 4.78 is 1.92. The van der Waals surface area contributed by atoms with Crippen molar-refractivity contribution in [1.82, 2.24) is 20.2 Å². The maximum atomic E-state index is 12.3. The molecule has 2 aromatic carbocycles. The zero-order chi connectivity index (χ0) is 20.1. The van der Waals surface area contributed by atoms with Gasteiger partial charge in [0.15, 0.2) is 0 Å². The van der Waals surface area contributed by atoms with Crippen molar-refractivity contribution in [1.29, 1.82) is 0 Å². The number of para-hydroxylation sites is 2. The van der Waals surface area contributed by atoms with Gasteiger partial charge in [-0.25, -0.2) is 4.98 Å². The number of fused-ring (bicyclic) bond motifs is 1. The van der Waals surface area contributed by atoms with Gasteiger partial charge in [0.1, 0.15) is 12.4 Å². The number of carbonyl (C=O) groups excluding carboxylic acids is 2. The van der Waals surface area contributed by atoms with Crippen LogP contribution in [0.4, 0.5) is 0 Å². The maximum Gasteiger partial charge on any atom is 0.251 e. The number of hydrogen-bond donors (Lipinski definition) is 2. The SMILES string of the molecule is Cc1ccc(C(=O)NCCc2nc3ccccc3n2CC(=O)NC(C)C)cc1. The molecule has 0 saturated heterocycles. The lowest BCUT2D eigenvalue weighted by Crippen LogP contribution is -2.33. The predicted molar refractivity (Wildman–Crippen MR) is 110 cm³/mol. The lowest BCUT2D eigenvalue weighted by Gasteiger charge is -2.12. The van der Waals surface area contributed by atoms with E-state index in [1.807, 2.05) is 73.9 Å². The monoisotopic (exact) mass is 378 g/mol. The Hall–Kier alpha value is -3.15. The first-order valence-electron chi connectivity index (χ1n) is 9.52. The van der Waals surface area contributed by atoms with Crippen LogP contribution in [0.5, 0.6) is 0 Å². The van der Waals surface area contributed by atoms with Crippen molar-refractivity contribution >= 4 is 22.8 Å². The minimum atomic E-state index is -0.111. The third kappa shape index (κ3) is 4.76. The Balaban J connectivity index is 1.71. The van der Waals surface area contributed by atoms with Crippen LogP contribution in [0.15, 0.2) is 48.5 Å². The zero-order valence-corrected chi connectivity index (χ0v) is 16.5. The topological polar surface area (TPSA) is 76.0 Å². The highest BCUT2D eigenvalue weighted by molar-refractivity contribution is 5.94. The molecule has 3 rings (SSSR count). The fourth-order valence-electron chi connectivity index (χ4n) is 3.10. The molecule has 0 unspecified atom stereocenters. The normalized spacial score (nSPS) is 11.0. The van der Waals surface area contributed by atoms with E-state index in [1.165, 1.54) is 0 Å². The number of aryl methyl sites for hydroxylation is 1. The summed E-state index contributed by atoms with van der Waals surface area (Å²) in [5, 5.41) is 5.85. The van der Waals surface area contributed by atoms with E-state index in [-0.39, 0.29) is 24.4 Å². The van der Waals surface area contributed by atoms with E-state index < -0.39 is 0 Å². The summed E-state index contributed by atoms with van der Waals surface area (Å²) in [5.41, 5.74) is 3.52. The summed E-state index contributed by atoms with van der Waals surface area (Å²) in [5.74, 6) is 0.618. The minimum Gasteiger partial charge on any atom is -0.352 e. The summed E-state index contributed by atoms with van der Waals surface area (Å²) in [6.45, 7) is 6.51. The second kappa shape index (κ2) is 8.69. The molecule has 0 aliphatic rings. The van der Waals surface area contributed by atoms with Crippen LogP contribution >= 0.6 is 0 Å². The largest absolute Gasteiger partial charge is 0.352 e. The fraction of sp³-hybridized carbons (Fsp3) is 0.318. The van der Waals surface area contributed by atoms with Gasteiger partial charge in [-0.15, -0.1) is 0 Å². The number of rotatable bonds is 7. The summed E-state index contributed by atoms with van der Waals surface area (Å²) in [4.78, 5) is 29.2. The smallest absolute Gasteiger partial charge is 0.251 e. The zero-order valence-electron chi connectivity index (χ0n) is 16.5. The summed E-state index contributed by atoms with van der Waals surface area (Å²) in [7, 11) is 0. The van der Waals surface area contributed by atoms with E-state index in [4.69, 9.17) is 0 Å². The van der Waals surface area contributed by atoms with E-state index in [2.05, 4.69) is 15.6 Å². The second-order valence-corrected chi connectivity index (χ2v) is 7.20. The van der Waals surface area contributed by atoms with Crippen LogP contribution in [0.1, 0.15) is 35.6 Å². The fourth-order valence-corrected chi connectivity index (χ4v) is 3.10. The molecule has 1 heterocycles. The van der Waals surface area contributed by atoms with Crippen molar-refractivity contribution < 1.29 is 9.59 Å². The van der Waals surface area contributed by atoms with Gasteiger partial charge in [0.2, 0.25) is 5.91 Å². The molecule has 0 saturated carbocycles. The standard InChI is InChI=1S/C22H26N4O2/c1-15(2)24-21(27)14-26-19-7-5-4-6-18(19)25-20(26)12-13-23-22(28)17-10-8-16(3)9-11-17/h4-11,15H,12-14H2,1-3H3,(H,23,28)(H,24,27). The van der Waals surface area contributed by atoms with Crippen LogP contribution in [-0.4, -0.2) is 34.0 Å². The van der Waals surface area contributed by atoms with Crippen LogP contribution < -0.4 is 10.6 Å². The molecule has 0 atom stereocenters. The first kappa shape index (κ1) is 19.6. The average Bonchev–Trinajstić information content (AvgIpc) is 2.99. The Morgan fingerprint density at radius 1 is 1.07 bits per heavy atom. The Morgan fingerprint density at radius 2 is 1.79 bits per heavy atom. The molecule has 3 aromatic rings. The summed E-state index contributed by atoms with van der Waals surface area (Å²) >= 11 is 0. The predicted octanol–water partition coefficient (Wildman–Crippen LogP) is 2.84. The lowest BCUT2D eigenvalue weighted by atomic mass is 10.1. The highest BCUT2D eigenvalue weighted by Crippen LogP contribution is 2.16. The number of nitrogens with one attached hydrogen (secondary N) is 2. The van der Waals surface area contributed by atoms with Crippen molar-refractivity contribution in [2.45, 2.75) is 39.8 Å². The first-order chi connectivity index (χ1) is 13.4. The van der Waals surface area contributed by atoms with Crippen molar-refractivity contribution in [3.8, 4) is 0 Å². The van der Waals surface area contributed by atoms with Gasteiger partial charge in [-0.3, -0.25) is 9.59 Å². The molecule has 6 nitrogen and oxygen atoms in total. The van der Waals surface area contributed by atoms with Gasteiger partial charge < -0.3 is 15.2 Å². The van der Waals surface area contributed by atoms with E-state index in [0.717, 1.165) is 22.4 Å². The number of carbonyl (C=O) groups is 2. The van der Waals surface area contributed by atoms with E-state index in [9.17, 15) is 9.59 Å². The molecule has 0 fully saturated rings. The van der Waals surface area contributed by atoms with Gasteiger partial charge in [0.05, 0.1) is 11.0 Å².